The standard InChI is InChI=1S/C21H42N2O/c1-10-20(5,6)15-21(7,8)16-22(9)18(4)23-13-11-12-19(23)14-24-17(2)3/h17,19H,4,10-16H2,1-3,5-9H3. The lowest BCUT2D eigenvalue weighted by Gasteiger charge is -2.41. The van der Waals surface area contributed by atoms with Gasteiger partial charge in [0.05, 0.1) is 24.6 Å². The van der Waals surface area contributed by atoms with Gasteiger partial charge >= 0.3 is 0 Å². The molecule has 0 spiro atoms. The lowest BCUT2D eigenvalue weighted by molar-refractivity contribution is 0.0358. The molecule has 0 saturated carbocycles. The smallest absolute Gasteiger partial charge is 0.0965 e. The van der Waals surface area contributed by atoms with Crippen LogP contribution in [0.2, 0.25) is 0 Å². The zero-order valence-corrected chi connectivity index (χ0v) is 17.6. The van der Waals surface area contributed by atoms with Crippen molar-refractivity contribution in [1.82, 2.24) is 9.80 Å². The zero-order valence-electron chi connectivity index (χ0n) is 17.6. The van der Waals surface area contributed by atoms with E-state index < -0.39 is 0 Å². The molecule has 1 rings (SSSR count). The topological polar surface area (TPSA) is 15.7 Å². The first kappa shape index (κ1) is 21.3. The Hall–Kier alpha value is -0.700. The number of hydrogen-bond donors (Lipinski definition) is 0. The van der Waals surface area contributed by atoms with Gasteiger partial charge < -0.3 is 14.5 Å². The number of rotatable bonds is 10. The van der Waals surface area contributed by atoms with Crippen LogP contribution in [0.25, 0.3) is 0 Å². The van der Waals surface area contributed by atoms with Gasteiger partial charge in [0.2, 0.25) is 0 Å². The molecule has 0 aromatic heterocycles. The lowest BCUT2D eigenvalue weighted by atomic mass is 9.73. The second-order valence-corrected chi connectivity index (χ2v) is 9.50. The minimum Gasteiger partial charge on any atom is -0.377 e. The Balaban J connectivity index is 2.62. The maximum atomic E-state index is 5.87. The predicted molar refractivity (Wildman–Crippen MR) is 105 cm³/mol. The number of nitrogens with zero attached hydrogens (tertiary/aromatic N) is 2. The van der Waals surface area contributed by atoms with Crippen molar-refractivity contribution in [2.75, 3.05) is 26.7 Å². The number of hydrogen-bond acceptors (Lipinski definition) is 3. The predicted octanol–water partition coefficient (Wildman–Crippen LogP) is 5.13. The van der Waals surface area contributed by atoms with E-state index in [4.69, 9.17) is 4.74 Å². The fraction of sp³-hybridized carbons (Fsp3) is 0.905. The molecular weight excluding hydrogens is 296 g/mol. The quantitative estimate of drug-likeness (QED) is 0.549. The highest BCUT2D eigenvalue weighted by Crippen LogP contribution is 2.37. The third-order valence-corrected chi connectivity index (χ3v) is 5.35. The van der Waals surface area contributed by atoms with Crippen molar-refractivity contribution in [3.05, 3.63) is 12.4 Å². The van der Waals surface area contributed by atoms with E-state index in [1.165, 1.54) is 25.7 Å². The van der Waals surface area contributed by atoms with Gasteiger partial charge in [0.1, 0.15) is 0 Å². The van der Waals surface area contributed by atoms with Gasteiger partial charge in [0.15, 0.2) is 0 Å². The van der Waals surface area contributed by atoms with Crippen molar-refractivity contribution >= 4 is 0 Å². The molecule has 3 nitrogen and oxygen atoms in total. The van der Waals surface area contributed by atoms with E-state index in [9.17, 15) is 0 Å². The Labute approximate surface area is 151 Å². The molecule has 0 amide bonds. The Kier molecular flexibility index (Phi) is 7.65. The Morgan fingerprint density at radius 2 is 1.88 bits per heavy atom. The summed E-state index contributed by atoms with van der Waals surface area (Å²) in [6.45, 7) is 23.4. The molecule has 1 aliphatic rings. The highest BCUT2D eigenvalue weighted by atomic mass is 16.5. The van der Waals surface area contributed by atoms with Crippen LogP contribution in [-0.2, 0) is 4.74 Å². The molecule has 0 radical (unpaired) electrons. The molecule has 24 heavy (non-hydrogen) atoms. The average molecular weight is 339 g/mol. The highest BCUT2D eigenvalue weighted by molar-refractivity contribution is 5.00. The molecular formula is C21H42N2O. The van der Waals surface area contributed by atoms with Crippen LogP contribution in [0.3, 0.4) is 0 Å². The molecule has 0 aromatic rings. The first-order chi connectivity index (χ1) is 11.0. The van der Waals surface area contributed by atoms with Crippen LogP contribution in [0.5, 0.6) is 0 Å². The van der Waals surface area contributed by atoms with Gasteiger partial charge in [0, 0.05) is 20.1 Å². The zero-order chi connectivity index (χ0) is 18.5. The van der Waals surface area contributed by atoms with E-state index in [0.717, 1.165) is 25.5 Å². The largest absolute Gasteiger partial charge is 0.377 e. The summed E-state index contributed by atoms with van der Waals surface area (Å²) in [7, 11) is 2.20. The fourth-order valence-corrected chi connectivity index (χ4v) is 4.08. The van der Waals surface area contributed by atoms with Crippen LogP contribution in [0.1, 0.15) is 74.1 Å². The van der Waals surface area contributed by atoms with Crippen molar-refractivity contribution in [3.63, 3.8) is 0 Å². The van der Waals surface area contributed by atoms with Crippen LogP contribution in [0.15, 0.2) is 12.4 Å². The summed E-state index contributed by atoms with van der Waals surface area (Å²) in [4.78, 5) is 4.82. The van der Waals surface area contributed by atoms with Gasteiger partial charge in [-0.2, -0.15) is 0 Å². The molecule has 0 aromatic carbocycles. The van der Waals surface area contributed by atoms with Gasteiger partial charge in [-0.3, -0.25) is 0 Å². The SMILES string of the molecule is C=C(N(C)CC(C)(C)CC(C)(C)CC)N1CCCC1COC(C)C. The maximum absolute atomic E-state index is 5.87. The summed E-state index contributed by atoms with van der Waals surface area (Å²) in [5, 5.41) is 0. The second-order valence-electron chi connectivity index (χ2n) is 9.50. The summed E-state index contributed by atoms with van der Waals surface area (Å²) in [6.07, 6.45) is 5.21. The molecule has 0 aliphatic carbocycles. The monoisotopic (exact) mass is 338 g/mol. The van der Waals surface area contributed by atoms with E-state index in [1.807, 2.05) is 0 Å². The van der Waals surface area contributed by atoms with E-state index in [0.29, 0.717) is 17.6 Å². The molecule has 1 heterocycles. The van der Waals surface area contributed by atoms with Crippen LogP contribution in [0, 0.1) is 10.8 Å². The van der Waals surface area contributed by atoms with E-state index >= 15 is 0 Å². The molecule has 1 aliphatic heterocycles. The molecule has 1 atom stereocenters. The molecule has 1 fully saturated rings. The number of ether oxygens (including phenoxy) is 1. The van der Waals surface area contributed by atoms with E-state index in [1.54, 1.807) is 0 Å². The van der Waals surface area contributed by atoms with Crippen molar-refractivity contribution in [2.24, 2.45) is 10.8 Å². The van der Waals surface area contributed by atoms with Crippen LogP contribution in [0.4, 0.5) is 0 Å². The highest BCUT2D eigenvalue weighted by Gasteiger charge is 2.32. The first-order valence-electron chi connectivity index (χ1n) is 9.76. The van der Waals surface area contributed by atoms with E-state index in [-0.39, 0.29) is 5.41 Å². The van der Waals surface area contributed by atoms with E-state index in [2.05, 4.69) is 71.9 Å². The lowest BCUT2D eigenvalue weighted by Crippen LogP contribution is -2.42. The molecule has 1 saturated heterocycles. The van der Waals surface area contributed by atoms with Crippen molar-refractivity contribution < 1.29 is 4.74 Å². The molecule has 3 heteroatoms. The Morgan fingerprint density at radius 1 is 1.25 bits per heavy atom. The normalized spacial score (nSPS) is 19.2. The second kappa shape index (κ2) is 8.60. The molecule has 142 valence electrons. The summed E-state index contributed by atoms with van der Waals surface area (Å²) >= 11 is 0. The molecule has 1 unspecified atom stereocenters. The van der Waals surface area contributed by atoms with Gasteiger partial charge in [-0.1, -0.05) is 47.6 Å². The number of likely N-dealkylation sites (tertiary alicyclic amines) is 1. The van der Waals surface area contributed by atoms with Crippen LogP contribution >= 0.6 is 0 Å². The van der Waals surface area contributed by atoms with Gasteiger partial charge in [-0.25, -0.2) is 0 Å². The first-order valence-corrected chi connectivity index (χ1v) is 9.76. The van der Waals surface area contributed by atoms with Crippen molar-refractivity contribution in [3.8, 4) is 0 Å². The Bertz CT molecular complexity index is 401. The summed E-state index contributed by atoms with van der Waals surface area (Å²) in [6, 6.07) is 0.484. The summed E-state index contributed by atoms with van der Waals surface area (Å²) in [5.74, 6) is 1.16. The van der Waals surface area contributed by atoms with Gasteiger partial charge in [-0.05, 0) is 43.9 Å². The van der Waals surface area contributed by atoms with Gasteiger partial charge in [-0.15, -0.1) is 0 Å². The maximum Gasteiger partial charge on any atom is 0.0965 e. The minimum atomic E-state index is 0.279. The van der Waals surface area contributed by atoms with Gasteiger partial charge in [0.25, 0.3) is 0 Å². The third kappa shape index (κ3) is 6.66. The average Bonchev–Trinajstić information content (AvgIpc) is 2.90. The van der Waals surface area contributed by atoms with Crippen LogP contribution in [-0.4, -0.2) is 48.7 Å². The Morgan fingerprint density at radius 3 is 2.42 bits per heavy atom. The van der Waals surface area contributed by atoms with Crippen molar-refractivity contribution in [1.29, 1.82) is 0 Å². The molecule has 0 N–H and O–H groups in total. The summed E-state index contributed by atoms with van der Waals surface area (Å²) < 4.78 is 5.87. The third-order valence-electron chi connectivity index (χ3n) is 5.35. The fourth-order valence-electron chi connectivity index (χ4n) is 4.08. The summed E-state index contributed by atoms with van der Waals surface area (Å²) in [5.41, 5.74) is 0.674. The van der Waals surface area contributed by atoms with Crippen molar-refractivity contribution in [2.45, 2.75) is 86.3 Å². The molecule has 0 bridgehead atoms. The minimum absolute atomic E-state index is 0.279. The van der Waals surface area contributed by atoms with Crippen LogP contribution < -0.4 is 0 Å².